The monoisotopic (exact) mass is 294 g/mol. The summed E-state index contributed by atoms with van der Waals surface area (Å²) in [5.74, 6) is -0.459. The van der Waals surface area contributed by atoms with Crippen molar-refractivity contribution in [3.8, 4) is 0 Å². The van der Waals surface area contributed by atoms with Crippen LogP contribution in [0.2, 0.25) is 0 Å². The van der Waals surface area contributed by atoms with Gasteiger partial charge < -0.3 is 4.74 Å². The SMILES string of the molecule is CC(=O)/C=C/CCC1CCC(=O)C1(C)C(=O)OC(C)(C)C. The number of carbonyl (C=O) groups is 3. The molecule has 0 aromatic heterocycles. The highest BCUT2D eigenvalue weighted by atomic mass is 16.6. The minimum Gasteiger partial charge on any atom is -0.459 e. The number of rotatable bonds is 5. The lowest BCUT2D eigenvalue weighted by Crippen LogP contribution is -2.42. The maximum atomic E-state index is 12.4. The topological polar surface area (TPSA) is 60.4 Å². The van der Waals surface area contributed by atoms with E-state index in [4.69, 9.17) is 4.74 Å². The van der Waals surface area contributed by atoms with E-state index in [9.17, 15) is 14.4 Å². The van der Waals surface area contributed by atoms with Crippen LogP contribution in [0.1, 0.15) is 60.3 Å². The van der Waals surface area contributed by atoms with Crippen LogP contribution in [-0.4, -0.2) is 23.1 Å². The van der Waals surface area contributed by atoms with Crippen LogP contribution in [0.25, 0.3) is 0 Å². The summed E-state index contributed by atoms with van der Waals surface area (Å²) in [5.41, 5.74) is -1.64. The van der Waals surface area contributed by atoms with Crippen LogP contribution in [0.15, 0.2) is 12.2 Å². The highest BCUT2D eigenvalue weighted by molar-refractivity contribution is 6.05. The number of hydrogen-bond acceptors (Lipinski definition) is 4. The molecule has 0 bridgehead atoms. The largest absolute Gasteiger partial charge is 0.459 e. The van der Waals surface area contributed by atoms with Gasteiger partial charge in [-0.15, -0.1) is 0 Å². The lowest BCUT2D eigenvalue weighted by atomic mass is 9.76. The molecule has 0 N–H and O–H groups in total. The highest BCUT2D eigenvalue weighted by Gasteiger charge is 2.53. The van der Waals surface area contributed by atoms with Crippen molar-refractivity contribution in [2.24, 2.45) is 11.3 Å². The molecule has 0 amide bonds. The van der Waals surface area contributed by atoms with E-state index in [1.165, 1.54) is 13.0 Å². The summed E-state index contributed by atoms with van der Waals surface area (Å²) >= 11 is 0. The number of hydrogen-bond donors (Lipinski definition) is 0. The Bertz CT molecular complexity index is 456. The summed E-state index contributed by atoms with van der Waals surface area (Å²) in [6.07, 6.45) is 5.88. The van der Waals surface area contributed by atoms with Gasteiger partial charge in [-0.3, -0.25) is 14.4 Å². The first-order valence-corrected chi connectivity index (χ1v) is 7.51. The molecule has 1 rings (SSSR count). The number of carbonyl (C=O) groups excluding carboxylic acids is 3. The molecular formula is C17H26O4. The molecule has 4 heteroatoms. The van der Waals surface area contributed by atoms with Gasteiger partial charge in [0, 0.05) is 6.42 Å². The third kappa shape index (κ3) is 4.51. The van der Waals surface area contributed by atoms with E-state index >= 15 is 0 Å². The Morgan fingerprint density at radius 1 is 1.38 bits per heavy atom. The zero-order valence-corrected chi connectivity index (χ0v) is 13.7. The molecule has 0 aliphatic heterocycles. The van der Waals surface area contributed by atoms with Crippen LogP contribution in [0.3, 0.4) is 0 Å². The van der Waals surface area contributed by atoms with E-state index in [1.807, 2.05) is 0 Å². The summed E-state index contributed by atoms with van der Waals surface area (Å²) in [6, 6.07) is 0. The van der Waals surface area contributed by atoms with Gasteiger partial charge in [0.15, 0.2) is 5.78 Å². The predicted octanol–water partition coefficient (Wildman–Crippen LogP) is 3.24. The molecule has 0 heterocycles. The first-order valence-electron chi connectivity index (χ1n) is 7.51. The Hall–Kier alpha value is -1.45. The first kappa shape index (κ1) is 17.6. The summed E-state index contributed by atoms with van der Waals surface area (Å²) in [7, 11) is 0. The smallest absolute Gasteiger partial charge is 0.320 e. The summed E-state index contributed by atoms with van der Waals surface area (Å²) in [5, 5.41) is 0. The van der Waals surface area contributed by atoms with Crippen molar-refractivity contribution in [1.82, 2.24) is 0 Å². The zero-order chi connectivity index (χ0) is 16.3. The van der Waals surface area contributed by atoms with Crippen molar-refractivity contribution in [2.75, 3.05) is 0 Å². The second kappa shape index (κ2) is 6.54. The molecule has 1 aliphatic carbocycles. The summed E-state index contributed by atoms with van der Waals surface area (Å²) < 4.78 is 5.44. The first-order chi connectivity index (χ1) is 9.57. The van der Waals surface area contributed by atoms with Gasteiger partial charge in [-0.05, 0) is 65.9 Å². The molecule has 0 saturated heterocycles. The lowest BCUT2D eigenvalue weighted by Gasteiger charge is -2.31. The number of ether oxygens (including phenoxy) is 1. The van der Waals surface area contributed by atoms with Crippen molar-refractivity contribution in [1.29, 1.82) is 0 Å². The van der Waals surface area contributed by atoms with Gasteiger partial charge in [0.25, 0.3) is 0 Å². The van der Waals surface area contributed by atoms with E-state index < -0.39 is 17.0 Å². The fourth-order valence-electron chi connectivity index (χ4n) is 2.73. The third-order valence-corrected chi connectivity index (χ3v) is 3.97. The Morgan fingerprint density at radius 3 is 2.52 bits per heavy atom. The van der Waals surface area contributed by atoms with Crippen molar-refractivity contribution in [2.45, 2.75) is 65.9 Å². The van der Waals surface area contributed by atoms with Gasteiger partial charge >= 0.3 is 5.97 Å². The van der Waals surface area contributed by atoms with Gasteiger partial charge in [0.2, 0.25) is 0 Å². The Labute approximate surface area is 126 Å². The molecule has 21 heavy (non-hydrogen) atoms. The maximum Gasteiger partial charge on any atom is 0.320 e. The van der Waals surface area contributed by atoms with Crippen LogP contribution < -0.4 is 0 Å². The standard InChI is InChI=1S/C17H26O4/c1-12(18)8-6-7-9-13-10-11-14(19)17(13,5)15(20)21-16(2,3)4/h6,8,13H,7,9-11H2,1-5H3/b8-6+. The van der Waals surface area contributed by atoms with Crippen molar-refractivity contribution in [3.63, 3.8) is 0 Å². The van der Waals surface area contributed by atoms with Crippen LogP contribution in [-0.2, 0) is 19.1 Å². The van der Waals surface area contributed by atoms with Gasteiger partial charge in [0.1, 0.15) is 16.8 Å². The van der Waals surface area contributed by atoms with E-state index in [2.05, 4.69) is 0 Å². The van der Waals surface area contributed by atoms with E-state index in [1.54, 1.807) is 33.8 Å². The van der Waals surface area contributed by atoms with Crippen LogP contribution in [0.4, 0.5) is 0 Å². The average molecular weight is 294 g/mol. The van der Waals surface area contributed by atoms with E-state index in [-0.39, 0.29) is 17.5 Å². The molecule has 0 spiro atoms. The molecule has 2 unspecified atom stereocenters. The average Bonchev–Trinajstić information content (AvgIpc) is 2.61. The number of esters is 1. The molecule has 0 radical (unpaired) electrons. The molecule has 118 valence electrons. The molecule has 1 fully saturated rings. The lowest BCUT2D eigenvalue weighted by molar-refractivity contribution is -0.171. The number of allylic oxidation sites excluding steroid dienone is 2. The Balaban J connectivity index is 2.77. The zero-order valence-electron chi connectivity index (χ0n) is 13.7. The minimum atomic E-state index is -1.04. The molecule has 0 aromatic rings. The Kier molecular flexibility index (Phi) is 5.48. The quantitative estimate of drug-likeness (QED) is 0.443. The molecule has 1 saturated carbocycles. The molecule has 1 aliphatic rings. The van der Waals surface area contributed by atoms with Crippen molar-refractivity contribution < 1.29 is 19.1 Å². The van der Waals surface area contributed by atoms with Gasteiger partial charge in [-0.2, -0.15) is 0 Å². The van der Waals surface area contributed by atoms with Crippen LogP contribution in [0.5, 0.6) is 0 Å². The Morgan fingerprint density at radius 2 is 2.00 bits per heavy atom. The fraction of sp³-hybridized carbons (Fsp3) is 0.706. The summed E-state index contributed by atoms with van der Waals surface area (Å²) in [6.45, 7) is 8.62. The highest BCUT2D eigenvalue weighted by Crippen LogP contribution is 2.44. The van der Waals surface area contributed by atoms with Gasteiger partial charge in [0.05, 0.1) is 0 Å². The van der Waals surface area contributed by atoms with Crippen LogP contribution >= 0.6 is 0 Å². The third-order valence-electron chi connectivity index (χ3n) is 3.97. The second-order valence-corrected chi connectivity index (χ2v) is 6.95. The van der Waals surface area contributed by atoms with Crippen LogP contribution in [0, 0.1) is 11.3 Å². The fourth-order valence-corrected chi connectivity index (χ4v) is 2.73. The molecular weight excluding hydrogens is 268 g/mol. The van der Waals surface area contributed by atoms with Crippen molar-refractivity contribution >= 4 is 17.5 Å². The van der Waals surface area contributed by atoms with Gasteiger partial charge in [-0.1, -0.05) is 6.08 Å². The predicted molar refractivity (Wildman–Crippen MR) is 80.7 cm³/mol. The second-order valence-electron chi connectivity index (χ2n) is 6.95. The molecule has 0 aromatic carbocycles. The molecule has 4 nitrogen and oxygen atoms in total. The van der Waals surface area contributed by atoms with E-state index in [0.29, 0.717) is 25.7 Å². The summed E-state index contributed by atoms with van der Waals surface area (Å²) in [4.78, 5) is 35.5. The maximum absolute atomic E-state index is 12.4. The number of Topliss-reactive ketones (excluding diaryl/α,β-unsaturated/α-hetero) is 1. The minimum absolute atomic E-state index is 0.00685. The normalized spacial score (nSPS) is 26.3. The van der Waals surface area contributed by atoms with Gasteiger partial charge in [-0.25, -0.2) is 0 Å². The van der Waals surface area contributed by atoms with E-state index in [0.717, 1.165) is 0 Å². The number of ketones is 2. The molecule has 2 atom stereocenters. The van der Waals surface area contributed by atoms with Crippen molar-refractivity contribution in [3.05, 3.63) is 12.2 Å².